The zero-order valence-electron chi connectivity index (χ0n) is 77.3. The molecule has 4 nitrogen and oxygen atoms in total. The Kier molecular flexibility index (Phi) is 16.4. The van der Waals surface area contributed by atoms with Gasteiger partial charge in [-0.15, -0.1) is 0 Å². The third-order valence-electron chi connectivity index (χ3n) is 32.8. The van der Waals surface area contributed by atoms with Crippen LogP contribution in [0.3, 0.4) is 0 Å². The quantitative estimate of drug-likeness (QED) is 0.153. The van der Waals surface area contributed by atoms with Crippen LogP contribution in [0.15, 0.2) is 485 Å². The van der Waals surface area contributed by atoms with E-state index in [2.05, 4.69) is 503 Å². The Hall–Kier alpha value is -18.0. The van der Waals surface area contributed by atoms with Gasteiger partial charge >= 0.3 is 27.4 Å². The first kappa shape index (κ1) is 78.1. The van der Waals surface area contributed by atoms with Crippen molar-refractivity contribution >= 4 is 180 Å². The molecule has 0 saturated heterocycles. The lowest BCUT2D eigenvalue weighted by molar-refractivity contribution is 1.31. The Balaban J connectivity index is 0.0000000853. The van der Waals surface area contributed by atoms with Crippen molar-refractivity contribution in [2.75, 3.05) is 0 Å². The SMILES string of the molecule is c1ccc(-c2ccc(-c3ccc4c(c3)B3c5ccccc5-c5cccc6c7cccc-4c7n3c56)cc2)cc1.c1ccc(-c2ccc3c(c2)B2c4ccccc4-c4cccc5c6cccc-3c6n2c45)cc1.c1ccc2c(c1)B1c3cc(-c4ccc5ccccc5c4)ccc3-c3cccc4c5cccc-2c5n1c34.c1ccc2c(c1)B1c3cc(-c4cccc5ccccc45)ccc3-c3cccc4c5cccc-2c5n1c34. The second kappa shape index (κ2) is 29.8. The number of benzene rings is 23. The zero-order chi connectivity index (χ0) is 92.4. The lowest BCUT2D eigenvalue weighted by atomic mass is 9.45. The van der Waals surface area contributed by atoms with Gasteiger partial charge in [0, 0.05) is 132 Å². The van der Waals surface area contributed by atoms with E-state index >= 15 is 0 Å². The van der Waals surface area contributed by atoms with Crippen LogP contribution in [-0.4, -0.2) is 45.3 Å². The second-order valence-corrected chi connectivity index (χ2v) is 39.7. The molecular weight excluding hydrogens is 1710 g/mol. The molecule has 8 aliphatic heterocycles. The first-order chi connectivity index (χ1) is 70.5. The van der Waals surface area contributed by atoms with E-state index in [1.807, 2.05) is 0 Å². The lowest BCUT2D eigenvalue weighted by Gasteiger charge is -2.32. The fraction of sp³-hybridized carbons (Fsp3) is 0. The molecule has 8 heteroatoms. The summed E-state index contributed by atoms with van der Waals surface area (Å²) < 4.78 is 10.5. The molecule has 0 bridgehead atoms. The van der Waals surface area contributed by atoms with Crippen LogP contribution in [0.2, 0.25) is 0 Å². The molecule has 648 valence electrons. The Labute approximate surface area is 821 Å². The van der Waals surface area contributed by atoms with Crippen molar-refractivity contribution in [1.82, 2.24) is 17.9 Å². The predicted octanol–water partition coefficient (Wildman–Crippen LogP) is 28.3. The molecular formula is C134H80B4N4. The number of para-hydroxylation sites is 8. The molecule has 142 heavy (non-hydrogen) atoms. The Morgan fingerprint density at radius 3 is 0.662 bits per heavy atom. The molecule has 0 N–H and O–H groups in total. The van der Waals surface area contributed by atoms with Crippen molar-refractivity contribution in [3.8, 4) is 145 Å². The van der Waals surface area contributed by atoms with Gasteiger partial charge in [0.25, 0.3) is 0 Å². The van der Waals surface area contributed by atoms with E-state index in [0.717, 1.165) is 0 Å². The number of hydrogen-bond donors (Lipinski definition) is 0. The molecule has 8 aliphatic rings. The smallest absolute Gasteiger partial charge is 0.329 e. The van der Waals surface area contributed by atoms with E-state index in [9.17, 15) is 0 Å². The van der Waals surface area contributed by atoms with E-state index < -0.39 is 0 Å². The highest BCUT2D eigenvalue weighted by molar-refractivity contribution is 6.91. The van der Waals surface area contributed by atoms with Crippen molar-refractivity contribution in [2.45, 2.75) is 0 Å². The minimum Gasteiger partial charge on any atom is -0.375 e. The second-order valence-electron chi connectivity index (χ2n) is 39.7. The van der Waals surface area contributed by atoms with Crippen molar-refractivity contribution in [3.63, 3.8) is 0 Å². The van der Waals surface area contributed by atoms with Crippen molar-refractivity contribution in [3.05, 3.63) is 485 Å². The largest absolute Gasteiger partial charge is 0.375 e. The molecule has 0 fully saturated rings. The summed E-state index contributed by atoms with van der Waals surface area (Å²) >= 11 is 0. The molecule has 0 radical (unpaired) electrons. The number of aromatic nitrogens is 4. The Morgan fingerprint density at radius 1 is 0.106 bits per heavy atom. The van der Waals surface area contributed by atoms with Gasteiger partial charge in [-0.1, -0.05) is 479 Å². The van der Waals surface area contributed by atoms with Gasteiger partial charge < -0.3 is 17.9 Å². The standard InChI is InChI=1S/C36H22BN.2C34H20BN.C30H18BN/c1-2-8-23(9-3-1)24-16-18-25(19-17-24)26-20-21-28-30-12-7-14-32-31-13-6-11-29-27-10-4-5-15-33(27)37(34(28)22-26)38(35(29)31)36(30)32;1-2-10-23-21(8-1)9-5-12-24(23)22-18-19-26-28-14-7-16-30-29-15-6-13-27-25-11-3-4-17-31(25)35(32(26)20-22)36(33(27)29)34(28)30;1-2-8-22-19-23(16-15-21(22)7-1)24-17-18-26-28-11-6-13-30-29-12-5-10-27-25-9-3-4-14-31(25)35(32(26)20-24)36(33(27)29)34(28)30;1-2-8-19(9-3-1)20-16-17-22-24-12-7-14-26-25-13-6-11-23-21-10-4-5-15-27(21)31(28(22)18-20)32(29(23)25)30(24)26/h1-22H;2*1-20H;1-18H. The van der Waals surface area contributed by atoms with Crippen LogP contribution in [0.25, 0.3) is 253 Å². The van der Waals surface area contributed by atoms with Gasteiger partial charge in [-0.2, -0.15) is 0 Å². The number of nitrogens with zero attached hydrogens (tertiary/aromatic N) is 4. The Bertz CT molecular complexity index is 10200. The van der Waals surface area contributed by atoms with Gasteiger partial charge in [-0.05, 0) is 171 Å². The molecule has 0 saturated carbocycles. The highest BCUT2D eigenvalue weighted by Crippen LogP contribution is 2.52. The van der Waals surface area contributed by atoms with Crippen LogP contribution in [-0.2, 0) is 0 Å². The molecule has 23 aromatic carbocycles. The number of fused-ring (bicyclic) bond motifs is 30. The summed E-state index contributed by atoms with van der Waals surface area (Å²) in [5.41, 5.74) is 56.3. The maximum atomic E-state index is 2.63. The summed E-state index contributed by atoms with van der Waals surface area (Å²) in [6.45, 7) is 0.682. The molecule has 12 heterocycles. The topological polar surface area (TPSA) is 19.7 Å². The molecule has 27 aromatic rings. The van der Waals surface area contributed by atoms with Gasteiger partial charge in [0.1, 0.15) is 0 Å². The summed E-state index contributed by atoms with van der Waals surface area (Å²) in [6, 6.07) is 180. The summed E-state index contributed by atoms with van der Waals surface area (Å²) in [5.74, 6) is 0. The fourth-order valence-corrected chi connectivity index (χ4v) is 26.9. The third-order valence-corrected chi connectivity index (χ3v) is 32.8. The maximum absolute atomic E-state index is 2.63. The van der Waals surface area contributed by atoms with Crippen molar-refractivity contribution in [1.29, 1.82) is 0 Å². The van der Waals surface area contributed by atoms with Crippen LogP contribution in [0.1, 0.15) is 0 Å². The first-order valence-corrected chi connectivity index (χ1v) is 49.9. The predicted molar refractivity (Wildman–Crippen MR) is 605 cm³/mol. The van der Waals surface area contributed by atoms with Crippen molar-refractivity contribution < 1.29 is 0 Å². The van der Waals surface area contributed by atoms with Gasteiger partial charge in [0.15, 0.2) is 0 Å². The van der Waals surface area contributed by atoms with Crippen LogP contribution in [0.5, 0.6) is 0 Å². The summed E-state index contributed by atoms with van der Waals surface area (Å²) in [4.78, 5) is 0. The molecule has 0 unspecified atom stereocenters. The lowest BCUT2D eigenvalue weighted by Crippen LogP contribution is -2.53. The minimum absolute atomic E-state index is 0.162. The highest BCUT2D eigenvalue weighted by atomic mass is 15.0. The monoisotopic (exact) mass is 1790 g/mol. The summed E-state index contributed by atoms with van der Waals surface area (Å²) in [6.07, 6.45) is 0. The Morgan fingerprint density at radius 2 is 0.310 bits per heavy atom. The molecule has 0 atom stereocenters. The van der Waals surface area contributed by atoms with Crippen LogP contribution < -0.4 is 43.7 Å². The van der Waals surface area contributed by atoms with Gasteiger partial charge in [-0.25, -0.2) is 0 Å². The molecule has 0 spiro atoms. The van der Waals surface area contributed by atoms with Gasteiger partial charge in [0.2, 0.25) is 0 Å². The maximum Gasteiger partial charge on any atom is 0.329 e. The van der Waals surface area contributed by atoms with Gasteiger partial charge in [-0.3, -0.25) is 0 Å². The summed E-state index contributed by atoms with van der Waals surface area (Å²) in [7, 11) is 0. The number of hydrogen-bond acceptors (Lipinski definition) is 0. The summed E-state index contributed by atoms with van der Waals surface area (Å²) in [5, 5.41) is 16.0. The highest BCUT2D eigenvalue weighted by Gasteiger charge is 2.45. The average molecular weight is 1790 g/mol. The van der Waals surface area contributed by atoms with Crippen LogP contribution in [0, 0.1) is 0 Å². The molecule has 0 aliphatic carbocycles. The normalized spacial score (nSPS) is 12.9. The van der Waals surface area contributed by atoms with E-state index in [-0.39, 0.29) is 27.4 Å². The van der Waals surface area contributed by atoms with E-state index in [4.69, 9.17) is 0 Å². The van der Waals surface area contributed by atoms with Crippen LogP contribution in [0.4, 0.5) is 0 Å². The van der Waals surface area contributed by atoms with E-state index in [1.54, 1.807) is 0 Å². The van der Waals surface area contributed by atoms with E-state index in [1.165, 1.54) is 297 Å². The molecule has 0 amide bonds. The number of rotatable bonds is 5. The first-order valence-electron chi connectivity index (χ1n) is 49.9. The van der Waals surface area contributed by atoms with E-state index in [0.29, 0.717) is 0 Å². The molecule has 4 aromatic heterocycles. The fourth-order valence-electron chi connectivity index (χ4n) is 26.9. The van der Waals surface area contributed by atoms with Crippen molar-refractivity contribution in [2.24, 2.45) is 0 Å². The average Bonchev–Trinajstić information content (AvgIpc) is 1.55. The zero-order valence-corrected chi connectivity index (χ0v) is 77.3. The minimum atomic E-state index is 0.162. The third kappa shape index (κ3) is 10.9. The molecule has 35 rings (SSSR count). The van der Waals surface area contributed by atoms with Crippen LogP contribution >= 0.6 is 0 Å². The van der Waals surface area contributed by atoms with Gasteiger partial charge in [0.05, 0.1) is 0 Å².